The zero-order valence-electron chi connectivity index (χ0n) is 17.6. The molecule has 2 amide bonds. The number of pyridine rings is 1. The molecule has 3 rings (SSSR count). The smallest absolute Gasteiger partial charge is 0.330 e. The summed E-state index contributed by atoms with van der Waals surface area (Å²) in [5, 5.41) is 5.83. The molecule has 0 atom stereocenters. The predicted octanol–water partition coefficient (Wildman–Crippen LogP) is 3.26. The number of hydrogen-bond donors (Lipinski definition) is 2. The third kappa shape index (κ3) is 4.88. The van der Waals surface area contributed by atoms with Crippen molar-refractivity contribution in [2.24, 2.45) is 0 Å². The zero-order chi connectivity index (χ0) is 22.5. The van der Waals surface area contributed by atoms with E-state index in [1.54, 1.807) is 39.5 Å². The van der Waals surface area contributed by atoms with Crippen molar-refractivity contribution in [3.63, 3.8) is 0 Å². The fourth-order valence-corrected chi connectivity index (χ4v) is 3.45. The number of fused-ring (bicyclic) bond motifs is 1. The lowest BCUT2D eigenvalue weighted by Gasteiger charge is -2.10. The number of halogens is 1. The normalized spacial score (nSPS) is 10.8. The molecule has 0 aliphatic carbocycles. The molecule has 2 heterocycles. The van der Waals surface area contributed by atoms with Gasteiger partial charge in [-0.3, -0.25) is 18.7 Å². The minimum Gasteiger partial charge on any atom is -0.495 e. The van der Waals surface area contributed by atoms with Gasteiger partial charge in [-0.15, -0.1) is 0 Å². The number of methoxy groups -OCH3 is 1. The molecular weight excluding hydrogens is 422 g/mol. The Bertz CT molecular complexity index is 1180. The summed E-state index contributed by atoms with van der Waals surface area (Å²) in [5.41, 5.74) is 1.52. The quantitative estimate of drug-likeness (QED) is 0.553. The van der Waals surface area contributed by atoms with E-state index >= 15 is 0 Å². The Morgan fingerprint density at radius 3 is 2.35 bits per heavy atom. The number of nitrogens with zero attached hydrogens (tertiary/aromatic N) is 3. The standard InChI is InChI=1S/C21H24ClN5O4/c1-4-26-15-7-9-17(25-20(15)27(5-2)21(26)30)24-19(29)11-10-18(28)23-14-12-13(22)6-8-16(14)31-3/h6-9,12H,4-5,10-11H2,1-3H3,(H,23,28)(H,24,25,29). The summed E-state index contributed by atoms with van der Waals surface area (Å²) >= 11 is 5.96. The van der Waals surface area contributed by atoms with Gasteiger partial charge < -0.3 is 15.4 Å². The average Bonchev–Trinajstić information content (AvgIpc) is 3.02. The van der Waals surface area contributed by atoms with Crippen LogP contribution in [-0.4, -0.2) is 33.0 Å². The number of rotatable bonds is 8. The van der Waals surface area contributed by atoms with Crippen LogP contribution in [-0.2, 0) is 22.7 Å². The second kappa shape index (κ2) is 9.65. The number of aryl methyl sites for hydroxylation is 2. The molecule has 9 nitrogen and oxygen atoms in total. The minimum atomic E-state index is -0.361. The molecule has 0 spiro atoms. The monoisotopic (exact) mass is 445 g/mol. The lowest BCUT2D eigenvalue weighted by Crippen LogP contribution is -2.23. The van der Waals surface area contributed by atoms with Crippen molar-refractivity contribution in [3.05, 3.63) is 45.8 Å². The minimum absolute atomic E-state index is 0.0321. The second-order valence-corrected chi connectivity index (χ2v) is 7.19. The Balaban J connectivity index is 1.64. The highest BCUT2D eigenvalue weighted by atomic mass is 35.5. The molecular formula is C21H24ClN5O4. The third-order valence-electron chi connectivity index (χ3n) is 4.78. The first-order valence-corrected chi connectivity index (χ1v) is 10.3. The summed E-state index contributed by atoms with van der Waals surface area (Å²) in [4.78, 5) is 41.4. The van der Waals surface area contributed by atoms with Gasteiger partial charge in [0.2, 0.25) is 11.8 Å². The first-order chi connectivity index (χ1) is 14.9. The van der Waals surface area contributed by atoms with E-state index in [0.717, 1.165) is 0 Å². The molecule has 0 unspecified atom stereocenters. The van der Waals surface area contributed by atoms with Gasteiger partial charge in [0.05, 0.1) is 18.3 Å². The van der Waals surface area contributed by atoms with E-state index in [1.807, 2.05) is 13.8 Å². The molecule has 31 heavy (non-hydrogen) atoms. The average molecular weight is 446 g/mol. The van der Waals surface area contributed by atoms with Crippen LogP contribution in [0.3, 0.4) is 0 Å². The number of carbonyl (C=O) groups excluding carboxylic acids is 2. The number of amides is 2. The van der Waals surface area contributed by atoms with Crippen LogP contribution in [0.5, 0.6) is 5.75 Å². The lowest BCUT2D eigenvalue weighted by molar-refractivity contribution is -0.121. The Labute approximate surface area is 184 Å². The van der Waals surface area contributed by atoms with E-state index < -0.39 is 0 Å². The van der Waals surface area contributed by atoms with Crippen molar-refractivity contribution in [3.8, 4) is 5.75 Å². The molecule has 0 saturated heterocycles. The summed E-state index contributed by atoms with van der Waals surface area (Å²) < 4.78 is 8.38. The maximum absolute atomic E-state index is 12.4. The molecule has 0 aliphatic rings. The Kier molecular flexibility index (Phi) is 6.96. The number of imidazole rings is 1. The number of benzene rings is 1. The van der Waals surface area contributed by atoms with Crippen molar-refractivity contribution in [1.82, 2.24) is 14.1 Å². The predicted molar refractivity (Wildman–Crippen MR) is 120 cm³/mol. The summed E-state index contributed by atoms with van der Waals surface area (Å²) in [7, 11) is 1.49. The van der Waals surface area contributed by atoms with Gasteiger partial charge in [-0.05, 0) is 44.2 Å². The van der Waals surface area contributed by atoms with Crippen molar-refractivity contribution in [2.45, 2.75) is 39.8 Å². The van der Waals surface area contributed by atoms with Crippen molar-refractivity contribution in [1.29, 1.82) is 0 Å². The Morgan fingerprint density at radius 1 is 1.03 bits per heavy atom. The number of hydrogen-bond acceptors (Lipinski definition) is 5. The van der Waals surface area contributed by atoms with Gasteiger partial charge in [-0.2, -0.15) is 0 Å². The van der Waals surface area contributed by atoms with Crippen LogP contribution in [0.25, 0.3) is 11.2 Å². The fourth-order valence-electron chi connectivity index (χ4n) is 3.27. The zero-order valence-corrected chi connectivity index (χ0v) is 18.3. The van der Waals surface area contributed by atoms with E-state index in [4.69, 9.17) is 16.3 Å². The molecule has 10 heteroatoms. The van der Waals surface area contributed by atoms with Gasteiger partial charge >= 0.3 is 5.69 Å². The summed E-state index contributed by atoms with van der Waals surface area (Å²) in [6, 6.07) is 8.28. The number of anilines is 2. The van der Waals surface area contributed by atoms with Crippen LogP contribution >= 0.6 is 11.6 Å². The maximum Gasteiger partial charge on any atom is 0.330 e. The molecule has 2 aromatic heterocycles. The van der Waals surface area contributed by atoms with Crippen LogP contribution in [0.2, 0.25) is 5.02 Å². The fraction of sp³-hybridized carbons (Fsp3) is 0.333. The van der Waals surface area contributed by atoms with Crippen LogP contribution in [0.4, 0.5) is 11.5 Å². The Morgan fingerprint density at radius 2 is 1.71 bits per heavy atom. The summed E-state index contributed by atoms with van der Waals surface area (Å²) in [6.45, 7) is 4.75. The van der Waals surface area contributed by atoms with E-state index in [1.165, 1.54) is 7.11 Å². The number of aromatic nitrogens is 3. The third-order valence-corrected chi connectivity index (χ3v) is 5.01. The van der Waals surface area contributed by atoms with Gasteiger partial charge in [0.1, 0.15) is 11.6 Å². The maximum atomic E-state index is 12.4. The van der Waals surface area contributed by atoms with E-state index in [0.29, 0.717) is 46.5 Å². The summed E-state index contributed by atoms with van der Waals surface area (Å²) in [5.74, 6) is 0.0879. The molecule has 164 valence electrons. The summed E-state index contributed by atoms with van der Waals surface area (Å²) in [6.07, 6.45) is -0.0688. The Hall–Kier alpha value is -3.33. The number of ether oxygens (including phenoxy) is 1. The molecule has 0 saturated carbocycles. The van der Waals surface area contributed by atoms with Gasteiger partial charge in [0, 0.05) is 31.0 Å². The van der Waals surface area contributed by atoms with Gasteiger partial charge in [-0.1, -0.05) is 11.6 Å². The van der Waals surface area contributed by atoms with Crippen molar-refractivity contribution in [2.75, 3.05) is 17.7 Å². The van der Waals surface area contributed by atoms with Crippen LogP contribution in [0, 0.1) is 0 Å². The van der Waals surface area contributed by atoms with Crippen LogP contribution < -0.4 is 21.1 Å². The highest BCUT2D eigenvalue weighted by molar-refractivity contribution is 6.31. The second-order valence-electron chi connectivity index (χ2n) is 6.75. The molecule has 3 aromatic rings. The molecule has 0 aliphatic heterocycles. The SMILES string of the molecule is CCn1c(=O)n(CC)c2nc(NC(=O)CCC(=O)Nc3cc(Cl)ccc3OC)ccc21. The first-order valence-electron chi connectivity index (χ1n) is 9.91. The number of nitrogens with one attached hydrogen (secondary N) is 2. The van der Waals surface area contributed by atoms with Crippen LogP contribution in [0.15, 0.2) is 35.1 Å². The topological polar surface area (TPSA) is 107 Å². The van der Waals surface area contributed by atoms with Gasteiger partial charge in [0.15, 0.2) is 5.65 Å². The van der Waals surface area contributed by atoms with Crippen molar-refractivity contribution >= 4 is 46.1 Å². The largest absolute Gasteiger partial charge is 0.495 e. The molecule has 0 radical (unpaired) electrons. The van der Waals surface area contributed by atoms with E-state index in [2.05, 4.69) is 15.6 Å². The van der Waals surface area contributed by atoms with Crippen LogP contribution in [0.1, 0.15) is 26.7 Å². The molecule has 0 fully saturated rings. The highest BCUT2D eigenvalue weighted by Crippen LogP contribution is 2.27. The molecule has 0 bridgehead atoms. The van der Waals surface area contributed by atoms with Gasteiger partial charge in [0.25, 0.3) is 0 Å². The van der Waals surface area contributed by atoms with Crippen molar-refractivity contribution < 1.29 is 14.3 Å². The van der Waals surface area contributed by atoms with Gasteiger partial charge in [-0.25, -0.2) is 9.78 Å². The van der Waals surface area contributed by atoms with E-state index in [9.17, 15) is 14.4 Å². The lowest BCUT2D eigenvalue weighted by atomic mass is 10.2. The van der Waals surface area contributed by atoms with E-state index in [-0.39, 0.29) is 30.3 Å². The first kappa shape index (κ1) is 22.4. The molecule has 1 aromatic carbocycles. The molecule has 2 N–H and O–H groups in total. The highest BCUT2D eigenvalue weighted by Gasteiger charge is 2.15. The number of carbonyl (C=O) groups is 2.